The van der Waals surface area contributed by atoms with Crippen LogP contribution >= 0.6 is 11.8 Å². The minimum Gasteiger partial charge on any atom is -0.477 e. The fraction of sp³-hybridized carbons (Fsp3) is 0.308. The van der Waals surface area contributed by atoms with E-state index in [1.807, 2.05) is 0 Å². The third-order valence-electron chi connectivity index (χ3n) is 3.13. The summed E-state index contributed by atoms with van der Waals surface area (Å²) in [5, 5.41) is 8.61. The van der Waals surface area contributed by atoms with Crippen molar-refractivity contribution < 1.29 is 23.1 Å². The van der Waals surface area contributed by atoms with Crippen LogP contribution in [0.3, 0.4) is 0 Å². The zero-order valence-corrected chi connectivity index (χ0v) is 11.5. The Morgan fingerprint density at radius 3 is 2.55 bits per heavy atom. The molecule has 0 spiro atoms. The first kappa shape index (κ1) is 14.8. The highest BCUT2D eigenvalue weighted by Crippen LogP contribution is 2.47. The Labute approximate surface area is 118 Å². The van der Waals surface area contributed by atoms with E-state index in [0.717, 1.165) is 23.9 Å². The van der Waals surface area contributed by atoms with Gasteiger partial charge in [-0.2, -0.15) is 13.2 Å². The molecule has 0 fully saturated rings. The molecular weight excluding hydrogens is 291 g/mol. The molecule has 20 heavy (non-hydrogen) atoms. The van der Waals surface area contributed by atoms with E-state index in [1.54, 1.807) is 24.9 Å². The molecule has 1 unspecified atom stereocenters. The van der Waals surface area contributed by atoms with E-state index in [9.17, 15) is 18.0 Å². The maximum atomic E-state index is 12.7. The van der Waals surface area contributed by atoms with Crippen molar-refractivity contribution in [3.8, 4) is 0 Å². The lowest BCUT2D eigenvalue weighted by molar-refractivity contribution is -0.137. The molecule has 2 rings (SSSR count). The van der Waals surface area contributed by atoms with Gasteiger partial charge in [0.2, 0.25) is 0 Å². The molecule has 108 valence electrons. The van der Waals surface area contributed by atoms with E-state index in [-0.39, 0.29) is 4.91 Å². The third-order valence-corrected chi connectivity index (χ3v) is 4.65. The van der Waals surface area contributed by atoms with Crippen LogP contribution in [-0.2, 0) is 11.0 Å². The topological polar surface area (TPSA) is 40.5 Å². The molecule has 1 aliphatic heterocycles. The molecule has 0 aliphatic carbocycles. The number of carboxylic acid groups (broad SMARTS) is 1. The number of thioether (sulfide) groups is 1. The fourth-order valence-corrected chi connectivity index (χ4v) is 3.21. The molecule has 0 aromatic heterocycles. The van der Waals surface area contributed by atoms with Crippen LogP contribution in [-0.4, -0.2) is 23.0 Å². The second-order valence-electron chi connectivity index (χ2n) is 4.42. The van der Waals surface area contributed by atoms with Gasteiger partial charge in [-0.3, -0.25) is 0 Å². The molecule has 7 heteroatoms. The van der Waals surface area contributed by atoms with Crippen molar-refractivity contribution in [2.75, 3.05) is 7.05 Å². The summed E-state index contributed by atoms with van der Waals surface area (Å²) in [7, 11) is 1.67. The largest absolute Gasteiger partial charge is 0.477 e. The standard InChI is InChI=1S/C13H12F3NO2S/c1-7-10(12(18)19)20-11(17(7)2)8-4-3-5-9(6-8)13(14,15)16/h3-6,11H,1-2H3,(H,18,19). The molecule has 0 saturated carbocycles. The van der Waals surface area contributed by atoms with Gasteiger partial charge in [0.05, 0.1) is 5.56 Å². The fourth-order valence-electron chi connectivity index (χ4n) is 1.98. The SMILES string of the molecule is CC1=C(C(=O)O)SC(c2cccc(C(F)(F)F)c2)N1C. The van der Waals surface area contributed by atoms with Crippen molar-refractivity contribution in [2.24, 2.45) is 0 Å². The predicted molar refractivity (Wildman–Crippen MR) is 69.9 cm³/mol. The summed E-state index contributed by atoms with van der Waals surface area (Å²) in [5.74, 6) is -1.06. The summed E-state index contributed by atoms with van der Waals surface area (Å²) in [6.07, 6.45) is -4.41. The monoisotopic (exact) mass is 303 g/mol. The number of aliphatic carboxylic acids is 1. The van der Waals surface area contributed by atoms with Crippen LogP contribution in [0.4, 0.5) is 13.2 Å². The second-order valence-corrected chi connectivity index (χ2v) is 5.51. The van der Waals surface area contributed by atoms with Gasteiger partial charge in [-0.05, 0) is 24.6 Å². The molecule has 1 aromatic rings. The molecular formula is C13H12F3NO2S. The normalized spacial score (nSPS) is 19.6. The van der Waals surface area contributed by atoms with Crippen LogP contribution in [0.25, 0.3) is 0 Å². The molecule has 3 nitrogen and oxygen atoms in total. The minimum atomic E-state index is -4.41. The zero-order chi connectivity index (χ0) is 15.1. The summed E-state index contributed by atoms with van der Waals surface area (Å²) in [6, 6.07) is 4.97. The molecule has 1 aliphatic rings. The van der Waals surface area contributed by atoms with E-state index in [4.69, 9.17) is 5.11 Å². The van der Waals surface area contributed by atoms with Crippen molar-refractivity contribution in [1.29, 1.82) is 0 Å². The summed E-state index contributed by atoms with van der Waals surface area (Å²) in [5.41, 5.74) is 0.248. The molecule has 0 saturated heterocycles. The van der Waals surface area contributed by atoms with Crippen LogP contribution < -0.4 is 0 Å². The maximum absolute atomic E-state index is 12.7. The Kier molecular flexibility index (Phi) is 3.73. The second kappa shape index (κ2) is 5.05. The van der Waals surface area contributed by atoms with Crippen molar-refractivity contribution in [3.05, 3.63) is 46.0 Å². The highest BCUT2D eigenvalue weighted by atomic mass is 32.2. The number of hydrogen-bond acceptors (Lipinski definition) is 3. The number of nitrogens with zero attached hydrogens (tertiary/aromatic N) is 1. The van der Waals surface area contributed by atoms with Crippen LogP contribution in [0.15, 0.2) is 34.9 Å². The van der Waals surface area contributed by atoms with Gasteiger partial charge in [-0.1, -0.05) is 23.9 Å². The summed E-state index contributed by atoms with van der Waals surface area (Å²) in [4.78, 5) is 12.9. The van der Waals surface area contributed by atoms with Crippen molar-refractivity contribution in [1.82, 2.24) is 4.90 Å². The van der Waals surface area contributed by atoms with E-state index in [2.05, 4.69) is 0 Å². The number of hydrogen-bond donors (Lipinski definition) is 1. The van der Waals surface area contributed by atoms with E-state index in [1.165, 1.54) is 6.07 Å². The van der Waals surface area contributed by atoms with Gasteiger partial charge in [0.1, 0.15) is 10.3 Å². The number of halogens is 3. The minimum absolute atomic E-state index is 0.162. The van der Waals surface area contributed by atoms with Gasteiger partial charge in [-0.15, -0.1) is 0 Å². The Hall–Kier alpha value is -1.63. The molecule has 1 N–H and O–H groups in total. The first-order valence-corrected chi connectivity index (χ1v) is 6.60. The van der Waals surface area contributed by atoms with E-state index < -0.39 is 23.1 Å². The number of rotatable bonds is 2. The molecule has 1 atom stereocenters. The number of carbonyl (C=O) groups is 1. The lowest BCUT2D eigenvalue weighted by Gasteiger charge is -2.23. The molecule has 0 radical (unpaired) electrons. The Bertz CT molecular complexity index is 583. The molecule has 0 bridgehead atoms. The maximum Gasteiger partial charge on any atom is 0.416 e. The van der Waals surface area contributed by atoms with Crippen molar-refractivity contribution >= 4 is 17.7 Å². The molecule has 1 aromatic carbocycles. The number of alkyl halides is 3. The Morgan fingerprint density at radius 1 is 1.40 bits per heavy atom. The lowest BCUT2D eigenvalue weighted by atomic mass is 10.1. The van der Waals surface area contributed by atoms with Crippen LogP contribution in [0.5, 0.6) is 0 Å². The summed E-state index contributed by atoms with van der Waals surface area (Å²) in [6.45, 7) is 1.64. The highest BCUT2D eigenvalue weighted by molar-refractivity contribution is 8.04. The van der Waals surface area contributed by atoms with Gasteiger partial charge in [-0.25, -0.2) is 4.79 Å². The Morgan fingerprint density at radius 2 is 2.05 bits per heavy atom. The number of carboxylic acids is 1. The highest BCUT2D eigenvalue weighted by Gasteiger charge is 2.35. The first-order chi connectivity index (χ1) is 9.21. The van der Waals surface area contributed by atoms with Gasteiger partial charge < -0.3 is 10.0 Å². The smallest absolute Gasteiger partial charge is 0.416 e. The number of allylic oxidation sites excluding steroid dienone is 1. The van der Waals surface area contributed by atoms with Gasteiger partial charge in [0.15, 0.2) is 0 Å². The predicted octanol–water partition coefficient (Wildman–Crippen LogP) is 3.70. The van der Waals surface area contributed by atoms with E-state index in [0.29, 0.717) is 11.3 Å². The van der Waals surface area contributed by atoms with E-state index >= 15 is 0 Å². The Balaban J connectivity index is 2.34. The number of benzene rings is 1. The summed E-state index contributed by atoms with van der Waals surface area (Å²) < 4.78 is 38.1. The first-order valence-electron chi connectivity index (χ1n) is 5.72. The quantitative estimate of drug-likeness (QED) is 0.904. The average Bonchev–Trinajstić information content (AvgIpc) is 2.66. The molecule has 1 heterocycles. The van der Waals surface area contributed by atoms with Gasteiger partial charge in [0.25, 0.3) is 0 Å². The third kappa shape index (κ3) is 2.63. The lowest BCUT2D eigenvalue weighted by Crippen LogP contribution is -2.16. The zero-order valence-electron chi connectivity index (χ0n) is 10.7. The van der Waals surface area contributed by atoms with Gasteiger partial charge >= 0.3 is 12.1 Å². The van der Waals surface area contributed by atoms with Gasteiger partial charge in [0, 0.05) is 12.7 Å². The van der Waals surface area contributed by atoms with Crippen LogP contribution in [0.1, 0.15) is 23.4 Å². The summed E-state index contributed by atoms with van der Waals surface area (Å²) >= 11 is 1.05. The average molecular weight is 303 g/mol. The molecule has 0 amide bonds. The van der Waals surface area contributed by atoms with Crippen molar-refractivity contribution in [3.63, 3.8) is 0 Å². The van der Waals surface area contributed by atoms with Crippen LogP contribution in [0, 0.1) is 0 Å². The van der Waals surface area contributed by atoms with Crippen LogP contribution in [0.2, 0.25) is 0 Å². The van der Waals surface area contributed by atoms with Crippen molar-refractivity contribution in [2.45, 2.75) is 18.5 Å².